The van der Waals surface area contributed by atoms with Crippen molar-refractivity contribution in [3.05, 3.63) is 60.2 Å². The van der Waals surface area contributed by atoms with Gasteiger partial charge in [0.15, 0.2) is 0 Å². The average molecular weight is 332 g/mol. The van der Waals surface area contributed by atoms with Gasteiger partial charge in [-0.05, 0) is 36.8 Å². The topological polar surface area (TPSA) is 80.5 Å². The predicted molar refractivity (Wildman–Crippen MR) is 90.8 cm³/mol. The fourth-order valence-electron chi connectivity index (χ4n) is 2.22. The number of unbranched alkanes of at least 4 members (excludes halogenated alkanes) is 1. The van der Waals surface area contributed by atoms with E-state index in [1.54, 1.807) is 24.3 Å². The summed E-state index contributed by atoms with van der Waals surface area (Å²) in [4.78, 5) is 11.4. The lowest BCUT2D eigenvalue weighted by atomic mass is 10.2. The summed E-state index contributed by atoms with van der Waals surface area (Å²) in [6.45, 7) is 2.38. The molecule has 0 spiro atoms. The standard InChI is InChI=1S/C17H20N2O3S/c1-2-3-12-19(15-9-5-4-6-10-15)23(21,22)16-11-7-8-14(13-16)17(18)20/h4-11,13H,2-3,12H2,1H3,(H2,18,20). The Morgan fingerprint density at radius 1 is 1.09 bits per heavy atom. The summed E-state index contributed by atoms with van der Waals surface area (Å²) in [5.74, 6) is -0.651. The minimum absolute atomic E-state index is 0.0637. The quantitative estimate of drug-likeness (QED) is 0.846. The molecule has 23 heavy (non-hydrogen) atoms. The van der Waals surface area contributed by atoms with E-state index in [9.17, 15) is 13.2 Å². The van der Waals surface area contributed by atoms with E-state index in [0.717, 1.165) is 12.8 Å². The predicted octanol–water partition coefficient (Wildman–Crippen LogP) is 2.78. The second-order valence-corrected chi connectivity index (χ2v) is 7.02. The number of rotatable bonds is 7. The highest BCUT2D eigenvalue weighted by atomic mass is 32.2. The van der Waals surface area contributed by atoms with E-state index < -0.39 is 15.9 Å². The Hall–Kier alpha value is -2.34. The molecule has 2 aromatic carbocycles. The molecule has 0 atom stereocenters. The zero-order valence-electron chi connectivity index (χ0n) is 13.0. The van der Waals surface area contributed by atoms with Crippen LogP contribution in [0.1, 0.15) is 30.1 Å². The number of primary amides is 1. The molecule has 5 nitrogen and oxygen atoms in total. The molecule has 0 saturated carbocycles. The second kappa shape index (κ2) is 7.28. The molecule has 0 heterocycles. The van der Waals surface area contributed by atoms with Gasteiger partial charge in [-0.25, -0.2) is 8.42 Å². The molecule has 0 saturated heterocycles. The highest BCUT2D eigenvalue weighted by molar-refractivity contribution is 7.92. The van der Waals surface area contributed by atoms with Crippen molar-refractivity contribution in [2.45, 2.75) is 24.7 Å². The number of para-hydroxylation sites is 1. The Morgan fingerprint density at radius 3 is 2.39 bits per heavy atom. The molecule has 0 bridgehead atoms. The molecule has 2 N–H and O–H groups in total. The normalized spacial score (nSPS) is 11.2. The molecule has 122 valence electrons. The van der Waals surface area contributed by atoms with Crippen LogP contribution in [0.25, 0.3) is 0 Å². The van der Waals surface area contributed by atoms with E-state index in [4.69, 9.17) is 5.73 Å². The van der Waals surface area contributed by atoms with Crippen molar-refractivity contribution in [1.29, 1.82) is 0 Å². The van der Waals surface area contributed by atoms with Crippen molar-refractivity contribution in [3.63, 3.8) is 0 Å². The van der Waals surface area contributed by atoms with Crippen molar-refractivity contribution in [1.82, 2.24) is 0 Å². The number of sulfonamides is 1. The Morgan fingerprint density at radius 2 is 1.78 bits per heavy atom. The van der Waals surface area contributed by atoms with Crippen LogP contribution in [-0.2, 0) is 10.0 Å². The molecule has 0 aliphatic rings. The first-order chi connectivity index (χ1) is 11.0. The molecule has 0 unspecified atom stereocenters. The van der Waals surface area contributed by atoms with Crippen LogP contribution in [0.5, 0.6) is 0 Å². The maximum atomic E-state index is 13.0. The van der Waals surface area contributed by atoms with Crippen LogP contribution >= 0.6 is 0 Å². The molecule has 0 aromatic heterocycles. The fourth-order valence-corrected chi connectivity index (χ4v) is 3.77. The molecule has 1 amide bonds. The number of amides is 1. The molecule has 2 rings (SSSR count). The zero-order valence-corrected chi connectivity index (χ0v) is 13.8. The van der Waals surface area contributed by atoms with Crippen LogP contribution in [0.3, 0.4) is 0 Å². The summed E-state index contributed by atoms with van der Waals surface area (Å²) in [7, 11) is -3.76. The molecule has 2 aromatic rings. The van der Waals surface area contributed by atoms with Crippen LogP contribution in [0.15, 0.2) is 59.5 Å². The van der Waals surface area contributed by atoms with E-state index >= 15 is 0 Å². The maximum absolute atomic E-state index is 13.0. The lowest BCUT2D eigenvalue weighted by Gasteiger charge is -2.24. The third-order valence-corrected chi connectivity index (χ3v) is 5.29. The average Bonchev–Trinajstić information content (AvgIpc) is 2.56. The van der Waals surface area contributed by atoms with Gasteiger partial charge in [-0.1, -0.05) is 37.6 Å². The Kier molecular flexibility index (Phi) is 5.39. The zero-order chi connectivity index (χ0) is 16.9. The van der Waals surface area contributed by atoms with Gasteiger partial charge in [-0.15, -0.1) is 0 Å². The summed E-state index contributed by atoms with van der Waals surface area (Å²) >= 11 is 0. The maximum Gasteiger partial charge on any atom is 0.264 e. The first kappa shape index (κ1) is 17.0. The third-order valence-electron chi connectivity index (χ3n) is 3.47. The van der Waals surface area contributed by atoms with Gasteiger partial charge in [-0.3, -0.25) is 9.10 Å². The number of hydrogen-bond acceptors (Lipinski definition) is 3. The van der Waals surface area contributed by atoms with Gasteiger partial charge in [0.25, 0.3) is 10.0 Å². The Balaban J connectivity index is 2.48. The summed E-state index contributed by atoms with van der Waals surface area (Å²) in [6, 6.07) is 14.8. The summed E-state index contributed by atoms with van der Waals surface area (Å²) in [5.41, 5.74) is 6.02. The Labute approximate surface area is 136 Å². The van der Waals surface area contributed by atoms with Gasteiger partial charge >= 0.3 is 0 Å². The van der Waals surface area contributed by atoms with E-state index in [1.165, 1.54) is 28.6 Å². The van der Waals surface area contributed by atoms with Gasteiger partial charge in [0.1, 0.15) is 0 Å². The SMILES string of the molecule is CCCCN(c1ccccc1)S(=O)(=O)c1cccc(C(N)=O)c1. The molecular weight excluding hydrogens is 312 g/mol. The summed E-state index contributed by atoms with van der Waals surface area (Å²) < 4.78 is 27.3. The van der Waals surface area contributed by atoms with Crippen molar-refractivity contribution in [3.8, 4) is 0 Å². The number of carbonyl (C=O) groups excluding carboxylic acids is 1. The third kappa shape index (κ3) is 3.90. The summed E-state index contributed by atoms with van der Waals surface area (Å²) in [5, 5.41) is 0. The molecule has 0 fully saturated rings. The van der Waals surface area contributed by atoms with E-state index in [1.807, 2.05) is 13.0 Å². The van der Waals surface area contributed by atoms with Crippen molar-refractivity contribution >= 4 is 21.6 Å². The number of hydrogen-bond donors (Lipinski definition) is 1. The Bertz CT molecular complexity index is 773. The van der Waals surface area contributed by atoms with Gasteiger partial charge in [0, 0.05) is 12.1 Å². The van der Waals surface area contributed by atoms with Crippen LogP contribution in [0.2, 0.25) is 0 Å². The number of benzene rings is 2. The summed E-state index contributed by atoms with van der Waals surface area (Å²) in [6.07, 6.45) is 1.61. The fraction of sp³-hybridized carbons (Fsp3) is 0.235. The van der Waals surface area contributed by atoms with E-state index in [0.29, 0.717) is 12.2 Å². The van der Waals surface area contributed by atoms with Crippen molar-refractivity contribution < 1.29 is 13.2 Å². The van der Waals surface area contributed by atoms with Gasteiger partial charge < -0.3 is 5.73 Å². The number of anilines is 1. The van der Waals surface area contributed by atoms with E-state index in [-0.39, 0.29) is 10.5 Å². The minimum atomic E-state index is -3.76. The highest BCUT2D eigenvalue weighted by Crippen LogP contribution is 2.24. The lowest BCUT2D eigenvalue weighted by Crippen LogP contribution is -2.32. The van der Waals surface area contributed by atoms with Crippen LogP contribution in [0.4, 0.5) is 5.69 Å². The first-order valence-electron chi connectivity index (χ1n) is 7.44. The highest BCUT2D eigenvalue weighted by Gasteiger charge is 2.25. The second-order valence-electron chi connectivity index (χ2n) is 5.16. The van der Waals surface area contributed by atoms with E-state index in [2.05, 4.69) is 0 Å². The lowest BCUT2D eigenvalue weighted by molar-refractivity contribution is 0.1000. The number of carbonyl (C=O) groups is 1. The smallest absolute Gasteiger partial charge is 0.264 e. The van der Waals surface area contributed by atoms with Crippen LogP contribution in [-0.4, -0.2) is 20.9 Å². The minimum Gasteiger partial charge on any atom is -0.366 e. The molecule has 0 aliphatic carbocycles. The van der Waals surface area contributed by atoms with Crippen molar-refractivity contribution in [2.24, 2.45) is 5.73 Å². The largest absolute Gasteiger partial charge is 0.366 e. The molecule has 6 heteroatoms. The van der Waals surface area contributed by atoms with Crippen molar-refractivity contribution in [2.75, 3.05) is 10.8 Å². The first-order valence-corrected chi connectivity index (χ1v) is 8.88. The number of nitrogens with zero attached hydrogens (tertiary/aromatic N) is 1. The van der Waals surface area contributed by atoms with Gasteiger partial charge in [0.05, 0.1) is 10.6 Å². The monoisotopic (exact) mass is 332 g/mol. The number of nitrogens with two attached hydrogens (primary N) is 1. The van der Waals surface area contributed by atoms with Gasteiger partial charge in [0.2, 0.25) is 5.91 Å². The molecule has 0 aliphatic heterocycles. The molecule has 0 radical (unpaired) electrons. The molecular formula is C17H20N2O3S. The van der Waals surface area contributed by atoms with Crippen LogP contribution < -0.4 is 10.0 Å². The van der Waals surface area contributed by atoms with Crippen LogP contribution in [0, 0.1) is 0 Å². The van der Waals surface area contributed by atoms with Gasteiger partial charge in [-0.2, -0.15) is 0 Å².